The van der Waals surface area contributed by atoms with Crippen LogP contribution in [0, 0.1) is 0 Å². The van der Waals surface area contributed by atoms with Crippen molar-refractivity contribution < 1.29 is 9.84 Å². The van der Waals surface area contributed by atoms with E-state index in [9.17, 15) is 5.11 Å². The average Bonchev–Trinajstić information content (AvgIpc) is 2.17. The second-order valence-electron chi connectivity index (χ2n) is 2.83. The summed E-state index contributed by atoms with van der Waals surface area (Å²) in [7, 11) is 1.49. The number of ether oxygens (including phenoxy) is 1. The molecule has 0 aliphatic carbocycles. The van der Waals surface area contributed by atoms with E-state index in [1.807, 2.05) is 0 Å². The number of nitrogens with one attached hydrogen (secondary N) is 1. The molecule has 0 aliphatic rings. The second-order valence-corrected chi connectivity index (χ2v) is 2.83. The Hall–Kier alpha value is -2.17. The van der Waals surface area contributed by atoms with Crippen molar-refractivity contribution in [3.63, 3.8) is 0 Å². The maximum Gasteiger partial charge on any atom is 0.160 e. The number of hydrogen-bond donors (Lipinski definition) is 3. The maximum atomic E-state index is 9.45. The molecular formula is C10H13N3O2. The van der Waals surface area contributed by atoms with Crippen molar-refractivity contribution in [3.8, 4) is 11.5 Å². The molecule has 0 aliphatic heterocycles. The van der Waals surface area contributed by atoms with E-state index in [4.69, 9.17) is 10.5 Å². The van der Waals surface area contributed by atoms with Gasteiger partial charge in [0, 0.05) is 0 Å². The number of rotatable bonds is 4. The minimum atomic E-state index is 0.0630. The number of methoxy groups -OCH3 is 1. The molecule has 4 N–H and O–H groups in total. The van der Waals surface area contributed by atoms with Gasteiger partial charge in [-0.15, -0.1) is 0 Å². The van der Waals surface area contributed by atoms with Crippen LogP contribution in [-0.2, 0) is 0 Å². The summed E-state index contributed by atoms with van der Waals surface area (Å²) in [6.45, 7) is 3.41. The quantitative estimate of drug-likeness (QED) is 0.503. The summed E-state index contributed by atoms with van der Waals surface area (Å²) in [5.74, 6) is 0.736. The normalized spacial score (nSPS) is 10.2. The lowest BCUT2D eigenvalue weighted by atomic mass is 10.2. The van der Waals surface area contributed by atoms with Crippen LogP contribution in [0.4, 0.5) is 0 Å². The minimum absolute atomic E-state index is 0.0630. The number of nitrogens with two attached hydrogens (primary N) is 1. The van der Waals surface area contributed by atoms with Gasteiger partial charge in [-0.25, -0.2) is 0 Å². The van der Waals surface area contributed by atoms with Gasteiger partial charge in [-0.2, -0.15) is 5.10 Å². The third-order valence-electron chi connectivity index (χ3n) is 1.62. The van der Waals surface area contributed by atoms with Gasteiger partial charge < -0.3 is 15.6 Å². The van der Waals surface area contributed by atoms with Crippen molar-refractivity contribution in [2.24, 2.45) is 10.8 Å². The molecular weight excluding hydrogens is 194 g/mol. The predicted molar refractivity (Wildman–Crippen MR) is 58.7 cm³/mol. The van der Waals surface area contributed by atoms with Crippen LogP contribution < -0.4 is 15.9 Å². The van der Waals surface area contributed by atoms with Crippen LogP contribution in [0.1, 0.15) is 5.56 Å². The number of benzene rings is 1. The van der Waals surface area contributed by atoms with Crippen LogP contribution in [0.25, 0.3) is 0 Å². The number of hydrazone groups is 1. The second kappa shape index (κ2) is 4.90. The average molecular weight is 207 g/mol. The molecule has 0 spiro atoms. The summed E-state index contributed by atoms with van der Waals surface area (Å²) >= 11 is 0. The van der Waals surface area contributed by atoms with E-state index in [2.05, 4.69) is 17.1 Å². The van der Waals surface area contributed by atoms with Crippen LogP contribution in [0.2, 0.25) is 0 Å². The third-order valence-corrected chi connectivity index (χ3v) is 1.62. The highest BCUT2D eigenvalue weighted by atomic mass is 16.5. The highest BCUT2D eigenvalue weighted by Crippen LogP contribution is 2.25. The smallest absolute Gasteiger partial charge is 0.160 e. The number of phenols is 1. The van der Waals surface area contributed by atoms with Crippen molar-refractivity contribution in [3.05, 3.63) is 36.2 Å². The molecule has 0 saturated carbocycles. The Morgan fingerprint density at radius 2 is 2.40 bits per heavy atom. The Balaban J connectivity index is 2.75. The molecule has 0 fully saturated rings. The summed E-state index contributed by atoms with van der Waals surface area (Å²) in [4.78, 5) is 0. The highest BCUT2D eigenvalue weighted by Gasteiger charge is 2.00. The molecule has 0 radical (unpaired) electrons. The summed E-state index contributed by atoms with van der Waals surface area (Å²) in [6, 6.07) is 4.93. The molecule has 5 nitrogen and oxygen atoms in total. The fourth-order valence-corrected chi connectivity index (χ4v) is 0.977. The van der Waals surface area contributed by atoms with Gasteiger partial charge in [-0.1, -0.05) is 6.58 Å². The van der Waals surface area contributed by atoms with Crippen LogP contribution in [0.5, 0.6) is 11.5 Å². The fourth-order valence-electron chi connectivity index (χ4n) is 0.977. The van der Waals surface area contributed by atoms with Crippen LogP contribution >= 0.6 is 0 Å². The molecule has 0 bridgehead atoms. The first-order chi connectivity index (χ1) is 7.13. The number of aromatic hydroxyl groups is 1. The molecule has 1 rings (SSSR count). The van der Waals surface area contributed by atoms with E-state index in [0.29, 0.717) is 5.75 Å². The Bertz CT molecular complexity index is 388. The molecule has 1 aromatic rings. The lowest BCUT2D eigenvalue weighted by Crippen LogP contribution is -2.12. The Labute approximate surface area is 87.9 Å². The van der Waals surface area contributed by atoms with Crippen molar-refractivity contribution in [1.82, 2.24) is 5.43 Å². The van der Waals surface area contributed by atoms with Crippen LogP contribution in [-0.4, -0.2) is 18.4 Å². The van der Waals surface area contributed by atoms with E-state index in [1.54, 1.807) is 12.1 Å². The van der Waals surface area contributed by atoms with E-state index < -0.39 is 0 Å². The van der Waals surface area contributed by atoms with Gasteiger partial charge in [0.1, 0.15) is 5.82 Å². The molecule has 0 unspecified atom stereocenters. The summed E-state index contributed by atoms with van der Waals surface area (Å²) in [6.07, 6.45) is 1.51. The van der Waals surface area contributed by atoms with Crippen molar-refractivity contribution in [2.45, 2.75) is 0 Å². The summed E-state index contributed by atoms with van der Waals surface area (Å²) < 4.78 is 4.90. The molecule has 0 aromatic heterocycles. The Kier molecular flexibility index (Phi) is 3.56. The van der Waals surface area contributed by atoms with Gasteiger partial charge >= 0.3 is 0 Å². The van der Waals surface area contributed by atoms with E-state index in [0.717, 1.165) is 5.56 Å². The molecule has 1 aromatic carbocycles. The molecule has 5 heteroatoms. The van der Waals surface area contributed by atoms with Gasteiger partial charge in [0.25, 0.3) is 0 Å². The summed E-state index contributed by atoms with van der Waals surface area (Å²) in [5.41, 5.74) is 8.45. The highest BCUT2D eigenvalue weighted by molar-refractivity contribution is 5.80. The lowest BCUT2D eigenvalue weighted by Gasteiger charge is -2.03. The monoisotopic (exact) mass is 207 g/mol. The Morgan fingerprint density at radius 1 is 1.67 bits per heavy atom. The molecule has 80 valence electrons. The first-order valence-corrected chi connectivity index (χ1v) is 4.24. The van der Waals surface area contributed by atoms with Gasteiger partial charge in [0.05, 0.1) is 13.3 Å². The third kappa shape index (κ3) is 3.22. The van der Waals surface area contributed by atoms with Gasteiger partial charge in [0.15, 0.2) is 11.5 Å². The first-order valence-electron chi connectivity index (χ1n) is 4.24. The lowest BCUT2D eigenvalue weighted by molar-refractivity contribution is 0.373. The zero-order valence-corrected chi connectivity index (χ0v) is 8.40. The minimum Gasteiger partial charge on any atom is -0.504 e. The largest absolute Gasteiger partial charge is 0.504 e. The van der Waals surface area contributed by atoms with E-state index in [1.165, 1.54) is 19.4 Å². The van der Waals surface area contributed by atoms with E-state index in [-0.39, 0.29) is 11.6 Å². The van der Waals surface area contributed by atoms with Gasteiger partial charge in [-0.05, 0) is 23.8 Å². The molecule has 0 amide bonds. The van der Waals surface area contributed by atoms with Crippen molar-refractivity contribution >= 4 is 6.21 Å². The number of phenolic OH excluding ortho intramolecular Hbond substituents is 1. The molecule has 0 atom stereocenters. The SMILES string of the molecule is C=C(N)N/N=C/c1ccc(OC)c(O)c1. The summed E-state index contributed by atoms with van der Waals surface area (Å²) in [5, 5.41) is 13.2. The Morgan fingerprint density at radius 3 is 2.93 bits per heavy atom. The topological polar surface area (TPSA) is 79.9 Å². The molecule has 0 saturated heterocycles. The van der Waals surface area contributed by atoms with Gasteiger partial charge in [-0.3, -0.25) is 5.43 Å². The zero-order chi connectivity index (χ0) is 11.3. The van der Waals surface area contributed by atoms with Gasteiger partial charge in [0.2, 0.25) is 0 Å². The van der Waals surface area contributed by atoms with Crippen molar-refractivity contribution in [2.75, 3.05) is 7.11 Å². The van der Waals surface area contributed by atoms with E-state index >= 15 is 0 Å². The van der Waals surface area contributed by atoms with Crippen molar-refractivity contribution in [1.29, 1.82) is 0 Å². The van der Waals surface area contributed by atoms with Crippen LogP contribution in [0.15, 0.2) is 35.7 Å². The maximum absolute atomic E-state index is 9.45. The zero-order valence-electron chi connectivity index (χ0n) is 8.40. The fraction of sp³-hybridized carbons (Fsp3) is 0.100. The molecule has 0 heterocycles. The first kappa shape index (κ1) is 10.9. The predicted octanol–water partition coefficient (Wildman–Crippen LogP) is 0.754. The number of nitrogens with zero attached hydrogens (tertiary/aromatic N) is 1. The molecule has 15 heavy (non-hydrogen) atoms. The standard InChI is InChI=1S/C10H13N3O2/c1-7(11)13-12-6-8-3-4-10(15-2)9(14)5-8/h3-6,13-14H,1,11H2,2H3/b12-6+. The van der Waals surface area contributed by atoms with Crippen LogP contribution in [0.3, 0.4) is 0 Å². The number of hydrogen-bond acceptors (Lipinski definition) is 5.